The van der Waals surface area contributed by atoms with Gasteiger partial charge in [0.25, 0.3) is 0 Å². The zero-order valence-electron chi connectivity index (χ0n) is 8.67. The number of benzene rings is 1. The zero-order valence-corrected chi connectivity index (χ0v) is 10.7. The summed E-state index contributed by atoms with van der Waals surface area (Å²) in [6, 6.07) is 10.3. The van der Waals surface area contributed by atoms with Crippen LogP contribution in [0.4, 0.5) is 0 Å². The van der Waals surface area contributed by atoms with Gasteiger partial charge in [-0.3, -0.25) is 0 Å². The second-order valence-corrected chi connectivity index (χ2v) is 4.27. The van der Waals surface area contributed by atoms with Gasteiger partial charge in [-0.25, -0.2) is 0 Å². The molecule has 12 heavy (non-hydrogen) atoms. The van der Waals surface area contributed by atoms with E-state index in [2.05, 4.69) is 32.9 Å². The van der Waals surface area contributed by atoms with Crippen molar-refractivity contribution in [1.29, 1.82) is 0 Å². The van der Waals surface area contributed by atoms with Gasteiger partial charge in [-0.1, -0.05) is 60.9 Å². The Morgan fingerprint density at radius 3 is 1.83 bits per heavy atom. The van der Waals surface area contributed by atoms with E-state index in [-0.39, 0.29) is 1.43 Å². The van der Waals surface area contributed by atoms with Crippen LogP contribution in [0.3, 0.4) is 0 Å². The Balaban J connectivity index is 0. The van der Waals surface area contributed by atoms with Crippen molar-refractivity contribution in [3.05, 3.63) is 35.9 Å². The van der Waals surface area contributed by atoms with Crippen LogP contribution in [0.1, 0.15) is 20.8 Å². The lowest BCUT2D eigenvalue weighted by Gasteiger charge is -1.90. The van der Waals surface area contributed by atoms with Gasteiger partial charge in [0.05, 0.1) is 0 Å². The highest BCUT2D eigenvalue weighted by atomic mass is 27.0. The molecule has 0 saturated heterocycles. The lowest BCUT2D eigenvalue weighted by atomic mass is 10.2. The molecule has 68 valence electrons. The largest absolute Gasteiger partial charge is 0.212 e. The molecule has 0 amide bonds. The average molecular weight is 180 g/mol. The Kier molecular flexibility index (Phi) is 7.25. The second kappa shape index (κ2) is 7.40. The van der Waals surface area contributed by atoms with E-state index in [9.17, 15) is 0 Å². The summed E-state index contributed by atoms with van der Waals surface area (Å²) in [6.07, 6.45) is 0. The van der Waals surface area contributed by atoms with E-state index < -0.39 is 0 Å². The maximum absolute atomic E-state index is 2.26. The van der Waals surface area contributed by atoms with Crippen molar-refractivity contribution in [1.82, 2.24) is 0 Å². The van der Waals surface area contributed by atoms with Gasteiger partial charge in [0.15, 0.2) is 0 Å². The van der Waals surface area contributed by atoms with E-state index in [0.717, 1.165) is 5.92 Å². The minimum absolute atomic E-state index is 0. The predicted molar refractivity (Wildman–Crippen MR) is 61.5 cm³/mol. The molecule has 0 aromatic heterocycles. The van der Waals surface area contributed by atoms with Crippen LogP contribution in [0, 0.1) is 12.8 Å². The molecule has 0 atom stereocenters. The second-order valence-electron chi connectivity index (χ2n) is 3.46. The molecule has 0 saturated carbocycles. The van der Waals surface area contributed by atoms with Gasteiger partial charge >= 0.3 is 0 Å². The third kappa shape index (κ3) is 7.86. The first-order valence-corrected chi connectivity index (χ1v) is 6.09. The van der Waals surface area contributed by atoms with Crippen molar-refractivity contribution in [2.24, 2.45) is 5.92 Å². The highest BCUT2D eigenvalue weighted by Crippen LogP contribution is 1.92. The van der Waals surface area contributed by atoms with Gasteiger partial charge in [0.2, 0.25) is 16.3 Å². The molecule has 1 rings (SSSR count). The van der Waals surface area contributed by atoms with Crippen LogP contribution in [-0.4, -0.2) is 16.3 Å². The maximum Gasteiger partial charge on any atom is 0.212 e. The first-order valence-electron chi connectivity index (χ1n) is 4.68. The smallest absolute Gasteiger partial charge is 0.0990 e. The number of rotatable bonds is 1. The van der Waals surface area contributed by atoms with E-state index in [0.29, 0.717) is 0 Å². The summed E-state index contributed by atoms with van der Waals surface area (Å²) in [5.74, 6) is 0.946. The Morgan fingerprint density at radius 1 is 1.25 bits per heavy atom. The number of aryl methyl sites for hydroxylation is 1. The average Bonchev–Trinajstić information content (AvgIpc) is 2.07. The van der Waals surface area contributed by atoms with Crippen molar-refractivity contribution in [2.45, 2.75) is 26.1 Å². The summed E-state index contributed by atoms with van der Waals surface area (Å²) >= 11 is 1.37. The molecule has 0 aliphatic carbocycles. The molecular formula is C11H21Al. The fourth-order valence-corrected chi connectivity index (χ4v) is 0.534. The molecular weight excluding hydrogens is 159 g/mol. The van der Waals surface area contributed by atoms with Crippen LogP contribution in [0.15, 0.2) is 30.3 Å². The van der Waals surface area contributed by atoms with E-state index >= 15 is 0 Å². The fourth-order valence-electron chi connectivity index (χ4n) is 0.534. The molecule has 0 N–H and O–H groups in total. The van der Waals surface area contributed by atoms with Gasteiger partial charge in [-0.2, -0.15) is 0 Å². The topological polar surface area (TPSA) is 0 Å². The highest BCUT2D eigenvalue weighted by Gasteiger charge is 1.80. The van der Waals surface area contributed by atoms with E-state index in [1.807, 2.05) is 18.2 Å². The Hall–Kier alpha value is -0.248. The summed E-state index contributed by atoms with van der Waals surface area (Å²) in [5, 5.41) is 1.44. The molecule has 1 heteroatoms. The zero-order chi connectivity index (χ0) is 9.40. The molecule has 0 spiro atoms. The molecule has 1 aromatic rings. The maximum atomic E-state index is 2.26. The summed E-state index contributed by atoms with van der Waals surface area (Å²) in [4.78, 5) is 0. The fraction of sp³-hybridized carbons (Fsp3) is 0.455. The summed E-state index contributed by atoms with van der Waals surface area (Å²) in [7, 11) is 0. The first kappa shape index (κ1) is 11.8. The minimum Gasteiger partial charge on any atom is -0.0990 e. The van der Waals surface area contributed by atoms with Crippen LogP contribution >= 0.6 is 0 Å². The molecule has 0 heterocycles. The number of hydrogen-bond acceptors (Lipinski definition) is 0. The lowest BCUT2D eigenvalue weighted by molar-refractivity contribution is 0.735. The van der Waals surface area contributed by atoms with Crippen LogP contribution in [0.2, 0.25) is 5.28 Å². The quantitative estimate of drug-likeness (QED) is 0.583. The summed E-state index contributed by atoms with van der Waals surface area (Å²) in [6.45, 7) is 6.60. The molecule has 0 fully saturated rings. The van der Waals surface area contributed by atoms with Crippen molar-refractivity contribution in [3.63, 3.8) is 0 Å². The normalized spacial score (nSPS) is 9.00. The lowest BCUT2D eigenvalue weighted by Crippen LogP contribution is -1.80. The molecule has 0 bridgehead atoms. The monoisotopic (exact) mass is 180 g/mol. The van der Waals surface area contributed by atoms with Crippen LogP contribution in [0.5, 0.6) is 0 Å². The number of hydrogen-bond donors (Lipinski definition) is 0. The van der Waals surface area contributed by atoms with Crippen molar-refractivity contribution < 1.29 is 1.43 Å². The Bertz CT molecular complexity index is 185. The molecule has 1 aromatic carbocycles. The Labute approximate surface area is 85.9 Å². The standard InChI is InChI=1S/C7H8.C4H9.Al.H2.2H/c1-7-5-3-2-4-6-7;1-4(2)3;;;;/h2-6H,1H3;4H,1H2,2-3H3;;1H;;. The molecule has 0 radical (unpaired) electrons. The molecule has 0 aliphatic rings. The highest BCUT2D eigenvalue weighted by molar-refractivity contribution is 6.08. The minimum atomic E-state index is 0. The summed E-state index contributed by atoms with van der Waals surface area (Å²) < 4.78 is 0. The van der Waals surface area contributed by atoms with Gasteiger partial charge in [-0.15, -0.1) is 0 Å². The molecule has 0 unspecified atom stereocenters. The SMILES string of the molecule is CC(C)[CH2][AlH2].Cc1ccccc1.[HH]. The van der Waals surface area contributed by atoms with E-state index in [4.69, 9.17) is 0 Å². The first-order chi connectivity index (χ1) is 5.66. The van der Waals surface area contributed by atoms with Gasteiger partial charge in [0.1, 0.15) is 0 Å². The third-order valence-corrected chi connectivity index (χ3v) is 3.39. The van der Waals surface area contributed by atoms with Gasteiger partial charge in [0, 0.05) is 1.43 Å². The van der Waals surface area contributed by atoms with Crippen molar-refractivity contribution in [3.8, 4) is 0 Å². The third-order valence-electron chi connectivity index (χ3n) is 1.76. The molecule has 0 aliphatic heterocycles. The van der Waals surface area contributed by atoms with Gasteiger partial charge in [-0.05, 0) is 6.92 Å². The van der Waals surface area contributed by atoms with Gasteiger partial charge < -0.3 is 0 Å². The predicted octanol–water partition coefficient (Wildman–Crippen LogP) is 2.93. The van der Waals surface area contributed by atoms with Crippen molar-refractivity contribution in [2.75, 3.05) is 0 Å². The van der Waals surface area contributed by atoms with E-state index in [1.165, 1.54) is 27.1 Å². The van der Waals surface area contributed by atoms with Crippen LogP contribution < -0.4 is 0 Å². The van der Waals surface area contributed by atoms with E-state index in [1.54, 1.807) is 0 Å². The molecule has 0 nitrogen and oxygen atoms in total. The van der Waals surface area contributed by atoms with Crippen LogP contribution in [-0.2, 0) is 0 Å². The van der Waals surface area contributed by atoms with Crippen molar-refractivity contribution >= 4 is 16.3 Å². The summed E-state index contributed by atoms with van der Waals surface area (Å²) in [5.41, 5.74) is 1.32. The Morgan fingerprint density at radius 2 is 1.67 bits per heavy atom. The van der Waals surface area contributed by atoms with Crippen LogP contribution in [0.25, 0.3) is 0 Å².